The third kappa shape index (κ3) is 2.23. The molecular formula is C13H13NO2. The first-order valence-electron chi connectivity index (χ1n) is 5.25. The van der Waals surface area contributed by atoms with Crippen LogP contribution in [0.3, 0.4) is 0 Å². The lowest BCUT2D eigenvalue weighted by Crippen LogP contribution is -2.15. The molecule has 82 valence electrons. The second-order valence-corrected chi connectivity index (χ2v) is 3.56. The highest BCUT2D eigenvalue weighted by Crippen LogP contribution is 2.25. The van der Waals surface area contributed by atoms with Crippen molar-refractivity contribution in [1.29, 1.82) is 0 Å². The van der Waals surface area contributed by atoms with Crippen molar-refractivity contribution in [1.82, 2.24) is 5.32 Å². The highest BCUT2D eigenvalue weighted by atomic mass is 16.5. The lowest BCUT2D eigenvalue weighted by Gasteiger charge is -2.15. The summed E-state index contributed by atoms with van der Waals surface area (Å²) >= 11 is 0. The Morgan fingerprint density at radius 1 is 1.50 bits per heavy atom. The van der Waals surface area contributed by atoms with Crippen LogP contribution < -0.4 is 10.1 Å². The van der Waals surface area contributed by atoms with Gasteiger partial charge in [-0.3, -0.25) is 4.79 Å². The van der Waals surface area contributed by atoms with E-state index in [0.29, 0.717) is 30.9 Å². The van der Waals surface area contributed by atoms with Crippen LogP contribution in [0.1, 0.15) is 22.3 Å². The van der Waals surface area contributed by atoms with Gasteiger partial charge >= 0.3 is 0 Å². The number of rotatable bonds is 1. The maximum absolute atomic E-state index is 11.5. The highest BCUT2D eigenvalue weighted by Gasteiger charge is 2.17. The van der Waals surface area contributed by atoms with E-state index in [9.17, 15) is 4.79 Å². The molecule has 0 aromatic heterocycles. The van der Waals surface area contributed by atoms with Crippen molar-refractivity contribution in [2.24, 2.45) is 0 Å². The van der Waals surface area contributed by atoms with Gasteiger partial charge in [0.25, 0.3) is 0 Å². The van der Waals surface area contributed by atoms with E-state index in [1.807, 2.05) is 19.2 Å². The molecule has 0 spiro atoms. The smallest absolute Gasteiger partial charge is 0.169 e. The minimum Gasteiger partial charge on any atom is -0.492 e. The van der Waals surface area contributed by atoms with Gasteiger partial charge in [-0.15, -0.1) is 0 Å². The summed E-state index contributed by atoms with van der Waals surface area (Å²) in [7, 11) is 1.85. The van der Waals surface area contributed by atoms with Gasteiger partial charge in [-0.2, -0.15) is 0 Å². The highest BCUT2D eigenvalue weighted by molar-refractivity contribution is 5.99. The molecule has 1 heterocycles. The van der Waals surface area contributed by atoms with E-state index in [-0.39, 0.29) is 5.78 Å². The Hall–Kier alpha value is -1.79. The zero-order chi connectivity index (χ0) is 11.4. The number of benzene rings is 1. The first-order valence-corrected chi connectivity index (χ1v) is 5.25. The Labute approximate surface area is 94.8 Å². The summed E-state index contributed by atoms with van der Waals surface area (Å²) in [6, 6.07) is 5.48. The van der Waals surface area contributed by atoms with Crippen LogP contribution in [0.15, 0.2) is 18.2 Å². The molecule has 0 bridgehead atoms. The van der Waals surface area contributed by atoms with Crippen molar-refractivity contribution in [2.75, 3.05) is 20.2 Å². The number of carbonyl (C=O) groups is 1. The Morgan fingerprint density at radius 3 is 3.19 bits per heavy atom. The third-order valence-corrected chi connectivity index (χ3v) is 2.37. The summed E-state index contributed by atoms with van der Waals surface area (Å²) in [5.41, 5.74) is 1.55. The number of ketones is 1. The summed E-state index contributed by atoms with van der Waals surface area (Å²) < 4.78 is 5.44. The molecule has 0 saturated carbocycles. The van der Waals surface area contributed by atoms with E-state index in [1.165, 1.54) is 0 Å². The van der Waals surface area contributed by atoms with Crippen molar-refractivity contribution in [3.8, 4) is 17.6 Å². The van der Waals surface area contributed by atoms with E-state index in [2.05, 4.69) is 17.2 Å². The first-order chi connectivity index (χ1) is 7.81. The molecule has 0 amide bonds. The van der Waals surface area contributed by atoms with E-state index < -0.39 is 0 Å². The fraction of sp³-hybridized carbons (Fsp3) is 0.308. The Kier molecular flexibility index (Phi) is 3.23. The van der Waals surface area contributed by atoms with Crippen LogP contribution in [0.25, 0.3) is 0 Å². The molecule has 3 heteroatoms. The number of carbonyl (C=O) groups excluding carboxylic acids is 1. The molecule has 1 N–H and O–H groups in total. The molecule has 1 aromatic carbocycles. The lowest BCUT2D eigenvalue weighted by molar-refractivity contribution is 0.0933. The molecule has 2 rings (SSSR count). The molecule has 0 fully saturated rings. The van der Waals surface area contributed by atoms with Gasteiger partial charge in [-0.05, 0) is 25.2 Å². The molecule has 0 aliphatic carbocycles. The summed E-state index contributed by atoms with van der Waals surface area (Å²) in [6.07, 6.45) is 0.470. The Bertz CT molecular complexity index is 469. The predicted molar refractivity (Wildman–Crippen MR) is 61.7 cm³/mol. The fourth-order valence-electron chi connectivity index (χ4n) is 1.57. The molecule has 1 aliphatic heterocycles. The molecule has 16 heavy (non-hydrogen) atoms. The lowest BCUT2D eigenvalue weighted by atomic mass is 10.0. The number of fused-ring (bicyclic) bond motifs is 1. The van der Waals surface area contributed by atoms with Crippen molar-refractivity contribution >= 4 is 5.78 Å². The van der Waals surface area contributed by atoms with Gasteiger partial charge in [0.05, 0.1) is 18.7 Å². The van der Waals surface area contributed by atoms with Gasteiger partial charge in [0.15, 0.2) is 5.78 Å². The first kappa shape index (κ1) is 10.7. The maximum atomic E-state index is 11.5. The van der Waals surface area contributed by atoms with Crippen molar-refractivity contribution in [2.45, 2.75) is 6.42 Å². The molecular weight excluding hydrogens is 202 g/mol. The number of Topliss-reactive ketones (excluding diaryl/α,β-unsaturated/α-hetero) is 1. The zero-order valence-corrected chi connectivity index (χ0v) is 9.17. The Morgan fingerprint density at radius 2 is 2.38 bits per heavy atom. The second kappa shape index (κ2) is 4.82. The average Bonchev–Trinajstić information content (AvgIpc) is 2.30. The van der Waals surface area contributed by atoms with Crippen LogP contribution in [0.5, 0.6) is 5.75 Å². The third-order valence-electron chi connectivity index (χ3n) is 2.37. The van der Waals surface area contributed by atoms with Gasteiger partial charge in [0.2, 0.25) is 0 Å². The Balaban J connectivity index is 2.26. The number of nitrogens with one attached hydrogen (secondary N) is 1. The average molecular weight is 215 g/mol. The summed E-state index contributed by atoms with van der Waals surface area (Å²) in [4.78, 5) is 11.5. The van der Waals surface area contributed by atoms with E-state index in [0.717, 1.165) is 5.56 Å². The molecule has 0 saturated heterocycles. The molecule has 0 atom stereocenters. The van der Waals surface area contributed by atoms with Gasteiger partial charge in [-0.1, -0.05) is 11.8 Å². The number of hydrogen-bond acceptors (Lipinski definition) is 3. The summed E-state index contributed by atoms with van der Waals surface area (Å²) in [6.45, 7) is 1.12. The zero-order valence-electron chi connectivity index (χ0n) is 9.17. The van der Waals surface area contributed by atoms with Crippen LogP contribution >= 0.6 is 0 Å². The topological polar surface area (TPSA) is 38.3 Å². The normalized spacial score (nSPS) is 13.4. The van der Waals surface area contributed by atoms with Crippen molar-refractivity contribution in [3.05, 3.63) is 29.3 Å². The van der Waals surface area contributed by atoms with E-state index in [4.69, 9.17) is 4.74 Å². The molecule has 0 unspecified atom stereocenters. The largest absolute Gasteiger partial charge is 0.492 e. The standard InChI is InChI=1S/C13H13NO2/c1-14-7-2-3-10-4-5-11-12(15)6-8-16-13(11)9-10/h4-5,9,14H,6-8H2,1H3. The van der Waals surface area contributed by atoms with Crippen LogP contribution in [0.2, 0.25) is 0 Å². The number of ether oxygens (including phenoxy) is 1. The fourth-order valence-corrected chi connectivity index (χ4v) is 1.57. The van der Waals surface area contributed by atoms with Gasteiger partial charge in [0, 0.05) is 12.0 Å². The van der Waals surface area contributed by atoms with E-state index in [1.54, 1.807) is 6.07 Å². The van der Waals surface area contributed by atoms with Crippen LogP contribution in [-0.4, -0.2) is 26.0 Å². The molecule has 0 radical (unpaired) electrons. The summed E-state index contributed by atoms with van der Waals surface area (Å²) in [5, 5.41) is 2.95. The SMILES string of the molecule is CNCC#Cc1ccc2c(c1)OCCC2=O. The molecule has 3 nitrogen and oxygen atoms in total. The van der Waals surface area contributed by atoms with E-state index >= 15 is 0 Å². The van der Waals surface area contributed by atoms with Crippen LogP contribution in [-0.2, 0) is 0 Å². The molecule has 1 aliphatic rings. The predicted octanol–water partition coefficient (Wildman–Crippen LogP) is 1.22. The molecule has 1 aromatic rings. The van der Waals surface area contributed by atoms with Crippen molar-refractivity contribution in [3.63, 3.8) is 0 Å². The van der Waals surface area contributed by atoms with Crippen LogP contribution in [0, 0.1) is 11.8 Å². The minimum atomic E-state index is 0.149. The summed E-state index contributed by atoms with van der Waals surface area (Å²) in [5.74, 6) is 6.78. The maximum Gasteiger partial charge on any atom is 0.169 e. The van der Waals surface area contributed by atoms with Gasteiger partial charge < -0.3 is 10.1 Å². The van der Waals surface area contributed by atoms with Gasteiger partial charge in [-0.25, -0.2) is 0 Å². The minimum absolute atomic E-state index is 0.149. The quantitative estimate of drug-likeness (QED) is 0.716. The number of hydrogen-bond donors (Lipinski definition) is 1. The van der Waals surface area contributed by atoms with Crippen LogP contribution in [0.4, 0.5) is 0 Å². The monoisotopic (exact) mass is 215 g/mol. The van der Waals surface area contributed by atoms with Gasteiger partial charge in [0.1, 0.15) is 5.75 Å². The van der Waals surface area contributed by atoms with Crippen molar-refractivity contribution < 1.29 is 9.53 Å². The second-order valence-electron chi connectivity index (χ2n) is 3.56.